The molecule has 1 amide bonds. The highest BCUT2D eigenvalue weighted by molar-refractivity contribution is 5.85. The summed E-state index contributed by atoms with van der Waals surface area (Å²) >= 11 is 0. The van der Waals surface area contributed by atoms with E-state index in [0.29, 0.717) is 19.4 Å². The summed E-state index contributed by atoms with van der Waals surface area (Å²) < 4.78 is 0. The molecule has 0 fully saturated rings. The van der Waals surface area contributed by atoms with E-state index in [0.717, 1.165) is 6.54 Å². The summed E-state index contributed by atoms with van der Waals surface area (Å²) in [5.41, 5.74) is 0. The third-order valence-corrected chi connectivity index (χ3v) is 2.26. The van der Waals surface area contributed by atoms with Crippen molar-refractivity contribution in [2.24, 2.45) is 5.92 Å². The Balaban J connectivity index is -0.000000579. The first-order valence-corrected chi connectivity index (χ1v) is 7.39. The summed E-state index contributed by atoms with van der Waals surface area (Å²) in [6.45, 7) is 12.9. The van der Waals surface area contributed by atoms with Gasteiger partial charge in [0.05, 0.1) is 0 Å². The summed E-state index contributed by atoms with van der Waals surface area (Å²) in [6, 6.07) is 0. The van der Waals surface area contributed by atoms with Gasteiger partial charge in [-0.1, -0.05) is 34.6 Å². The molecule has 0 aromatic rings. The molecule has 0 aliphatic rings. The van der Waals surface area contributed by atoms with Gasteiger partial charge in [0.2, 0.25) is 5.91 Å². The number of hydrogen-bond acceptors (Lipinski definition) is 3. The minimum atomic E-state index is -0.162. The molecule has 0 rings (SSSR count). The number of amides is 1. The average Bonchev–Trinajstić information content (AvgIpc) is 2.39. The predicted molar refractivity (Wildman–Crippen MR) is 83.3 cm³/mol. The third-order valence-electron chi connectivity index (χ3n) is 2.26. The molecule has 0 aliphatic heterocycles. The predicted octanol–water partition coefficient (Wildman–Crippen LogP) is 2.72. The van der Waals surface area contributed by atoms with Crippen LogP contribution in [0, 0.1) is 5.92 Å². The normalized spacial score (nSPS) is 10.6. The molecule has 0 heterocycles. The van der Waals surface area contributed by atoms with Crippen LogP contribution in [0.1, 0.15) is 54.4 Å². The van der Waals surface area contributed by atoms with Gasteiger partial charge in [-0.15, -0.1) is 0 Å². The molecule has 116 valence electrons. The molecule has 0 aromatic heterocycles. The Kier molecular flexibility index (Phi) is 20.9. The quantitative estimate of drug-likeness (QED) is 0.776. The van der Waals surface area contributed by atoms with Gasteiger partial charge in [0.15, 0.2) is 0 Å². The molecule has 1 unspecified atom stereocenters. The first-order valence-electron chi connectivity index (χ1n) is 7.39. The minimum absolute atomic E-state index is 0.00505. The van der Waals surface area contributed by atoms with Gasteiger partial charge < -0.3 is 15.0 Å². The number of carbonyl (C=O) groups is 2. The second kappa shape index (κ2) is 17.1. The van der Waals surface area contributed by atoms with Crippen molar-refractivity contribution < 1.29 is 9.59 Å². The number of likely N-dealkylation sites (N-methyl/N-ethyl adjacent to an activating group) is 1. The third kappa shape index (κ3) is 17.1. The van der Waals surface area contributed by atoms with Crippen LogP contribution in [0.4, 0.5) is 0 Å². The fraction of sp³-hybridized carbons (Fsp3) is 0.867. The van der Waals surface area contributed by atoms with Crippen LogP contribution < -0.4 is 5.32 Å². The van der Waals surface area contributed by atoms with Crippen LogP contribution in [-0.2, 0) is 9.59 Å². The summed E-state index contributed by atoms with van der Waals surface area (Å²) in [5, 5.41) is 2.84. The van der Waals surface area contributed by atoms with Crippen molar-refractivity contribution in [2.45, 2.75) is 54.4 Å². The zero-order chi connectivity index (χ0) is 15.8. The van der Waals surface area contributed by atoms with Crippen molar-refractivity contribution in [3.8, 4) is 0 Å². The first kappa shape index (κ1) is 23.2. The highest BCUT2D eigenvalue weighted by atomic mass is 16.2. The summed E-state index contributed by atoms with van der Waals surface area (Å²) in [5.74, 6) is -0.0937. The maximum absolute atomic E-state index is 11.6. The zero-order valence-corrected chi connectivity index (χ0v) is 14.2. The minimum Gasteiger partial charge on any atom is -0.355 e. The number of nitrogens with zero attached hydrogens (tertiary/aromatic N) is 1. The van der Waals surface area contributed by atoms with Gasteiger partial charge in [-0.3, -0.25) is 4.79 Å². The largest absolute Gasteiger partial charge is 0.355 e. The van der Waals surface area contributed by atoms with Crippen LogP contribution in [0.5, 0.6) is 0 Å². The van der Waals surface area contributed by atoms with Crippen LogP contribution in [0.15, 0.2) is 0 Å². The molecule has 0 spiro atoms. The molecule has 0 saturated heterocycles. The Morgan fingerprint density at radius 3 is 1.89 bits per heavy atom. The monoisotopic (exact) mass is 274 g/mol. The van der Waals surface area contributed by atoms with Crippen molar-refractivity contribution in [3.63, 3.8) is 0 Å². The van der Waals surface area contributed by atoms with E-state index < -0.39 is 0 Å². The Hall–Kier alpha value is -0.900. The van der Waals surface area contributed by atoms with Gasteiger partial charge in [-0.2, -0.15) is 0 Å². The lowest BCUT2D eigenvalue weighted by atomic mass is 9.99. The molecule has 1 N–H and O–H groups in total. The van der Waals surface area contributed by atoms with E-state index in [1.165, 1.54) is 6.92 Å². The van der Waals surface area contributed by atoms with Crippen molar-refractivity contribution in [2.75, 3.05) is 27.2 Å². The number of carbonyl (C=O) groups excluding carboxylic acids is 2. The van der Waals surface area contributed by atoms with Gasteiger partial charge in [0.1, 0.15) is 5.78 Å². The Morgan fingerprint density at radius 1 is 1.11 bits per heavy atom. The van der Waals surface area contributed by atoms with Gasteiger partial charge in [0.25, 0.3) is 0 Å². The second-order valence-electron chi connectivity index (χ2n) is 4.11. The lowest BCUT2D eigenvalue weighted by Crippen LogP contribution is -2.36. The SMILES string of the molecule is CC.CC.CCC(CC(C)=O)C(=O)NCCN(C)C. The maximum Gasteiger partial charge on any atom is 0.223 e. The van der Waals surface area contributed by atoms with Gasteiger partial charge in [-0.25, -0.2) is 0 Å². The van der Waals surface area contributed by atoms with Crippen LogP contribution in [0.3, 0.4) is 0 Å². The molecule has 0 radical (unpaired) electrons. The number of ketones is 1. The number of nitrogens with one attached hydrogen (secondary N) is 1. The second-order valence-corrected chi connectivity index (χ2v) is 4.11. The van der Waals surface area contributed by atoms with E-state index in [1.807, 2.05) is 53.6 Å². The molecule has 4 nitrogen and oxygen atoms in total. The Morgan fingerprint density at radius 2 is 1.58 bits per heavy atom. The van der Waals surface area contributed by atoms with Crippen LogP contribution in [-0.4, -0.2) is 43.8 Å². The van der Waals surface area contributed by atoms with E-state index in [4.69, 9.17) is 0 Å². The fourth-order valence-corrected chi connectivity index (χ4v) is 1.32. The van der Waals surface area contributed by atoms with Gasteiger partial charge >= 0.3 is 0 Å². The maximum atomic E-state index is 11.6. The van der Waals surface area contributed by atoms with E-state index in [2.05, 4.69) is 5.32 Å². The van der Waals surface area contributed by atoms with Crippen LogP contribution >= 0.6 is 0 Å². The van der Waals surface area contributed by atoms with Crippen molar-refractivity contribution in [1.29, 1.82) is 0 Å². The van der Waals surface area contributed by atoms with Gasteiger partial charge in [-0.05, 0) is 27.4 Å². The number of hydrogen-bond donors (Lipinski definition) is 1. The van der Waals surface area contributed by atoms with Crippen molar-refractivity contribution in [1.82, 2.24) is 10.2 Å². The van der Waals surface area contributed by atoms with Crippen LogP contribution in [0.25, 0.3) is 0 Å². The molecular formula is C15H34N2O2. The topological polar surface area (TPSA) is 49.4 Å². The zero-order valence-electron chi connectivity index (χ0n) is 14.2. The number of rotatable bonds is 7. The molecule has 1 atom stereocenters. The standard InChI is InChI=1S/C11H22N2O2.2C2H6/c1-5-10(8-9(2)14)11(15)12-6-7-13(3)4;2*1-2/h10H,5-8H2,1-4H3,(H,12,15);2*1-2H3. The van der Waals surface area contributed by atoms with E-state index in [-0.39, 0.29) is 17.6 Å². The lowest BCUT2D eigenvalue weighted by molar-refractivity contribution is -0.128. The average molecular weight is 274 g/mol. The lowest BCUT2D eigenvalue weighted by Gasteiger charge is -2.15. The Labute approximate surface area is 119 Å². The molecule has 0 aromatic carbocycles. The molecular weight excluding hydrogens is 240 g/mol. The van der Waals surface area contributed by atoms with E-state index in [9.17, 15) is 9.59 Å². The van der Waals surface area contributed by atoms with E-state index >= 15 is 0 Å². The molecule has 0 bridgehead atoms. The summed E-state index contributed by atoms with van der Waals surface area (Å²) in [6.07, 6.45) is 1.07. The fourth-order valence-electron chi connectivity index (χ4n) is 1.32. The van der Waals surface area contributed by atoms with Crippen LogP contribution in [0.2, 0.25) is 0 Å². The smallest absolute Gasteiger partial charge is 0.223 e. The van der Waals surface area contributed by atoms with Crippen molar-refractivity contribution in [3.05, 3.63) is 0 Å². The molecule has 4 heteroatoms. The highest BCUT2D eigenvalue weighted by Gasteiger charge is 2.17. The van der Waals surface area contributed by atoms with Crippen molar-refractivity contribution >= 4 is 11.7 Å². The summed E-state index contributed by atoms with van der Waals surface area (Å²) in [4.78, 5) is 24.5. The highest BCUT2D eigenvalue weighted by Crippen LogP contribution is 2.08. The summed E-state index contributed by atoms with van der Waals surface area (Å²) in [7, 11) is 3.91. The van der Waals surface area contributed by atoms with Gasteiger partial charge in [0, 0.05) is 25.4 Å². The molecule has 19 heavy (non-hydrogen) atoms. The number of Topliss-reactive ketones (excluding diaryl/α,β-unsaturated/α-hetero) is 1. The Bertz CT molecular complexity index is 216. The molecule has 0 aliphatic carbocycles. The van der Waals surface area contributed by atoms with E-state index in [1.54, 1.807) is 0 Å². The first-order chi connectivity index (χ1) is 8.97. The molecule has 0 saturated carbocycles.